The van der Waals surface area contributed by atoms with Gasteiger partial charge >= 0.3 is 0 Å². The van der Waals surface area contributed by atoms with Crippen molar-refractivity contribution in [3.8, 4) is 0 Å². The van der Waals surface area contributed by atoms with Gasteiger partial charge in [-0.3, -0.25) is 4.79 Å². The van der Waals surface area contributed by atoms with Gasteiger partial charge in [-0.25, -0.2) is 0 Å². The molecule has 0 bridgehead atoms. The predicted molar refractivity (Wildman–Crippen MR) is 63.5 cm³/mol. The van der Waals surface area contributed by atoms with Gasteiger partial charge < -0.3 is 11.1 Å². The second kappa shape index (κ2) is 4.28. The summed E-state index contributed by atoms with van der Waals surface area (Å²) in [7, 11) is 0. The Morgan fingerprint density at radius 3 is 2.94 bits per heavy atom. The second-order valence-corrected chi connectivity index (χ2v) is 4.11. The van der Waals surface area contributed by atoms with Gasteiger partial charge in [0.1, 0.15) is 4.88 Å². The van der Waals surface area contributed by atoms with Crippen LogP contribution in [0.3, 0.4) is 0 Å². The normalized spacial score (nSPS) is 10.1. The average Bonchev–Trinajstić information content (AvgIpc) is 2.75. The fraction of sp³-hybridized carbons (Fsp3) is 0.100. The third-order valence-electron chi connectivity index (χ3n) is 2.04. The van der Waals surface area contributed by atoms with Crippen molar-refractivity contribution in [1.29, 1.82) is 0 Å². The Morgan fingerprint density at radius 2 is 2.31 bits per heavy atom. The number of carbonyl (C=O) groups is 1. The quantitative estimate of drug-likeness (QED) is 0.775. The van der Waals surface area contributed by atoms with Crippen LogP contribution in [-0.2, 0) is 0 Å². The first kappa shape index (κ1) is 10.6. The minimum absolute atomic E-state index is 0.245. The zero-order valence-electron chi connectivity index (χ0n) is 8.60. The molecule has 0 aliphatic rings. The molecule has 0 unspecified atom stereocenters. The first-order chi connectivity index (χ1) is 7.66. The van der Waals surface area contributed by atoms with Crippen LogP contribution in [-0.4, -0.2) is 15.5 Å². The Kier molecular flexibility index (Phi) is 2.82. The molecule has 82 valence electrons. The first-order valence-corrected chi connectivity index (χ1v) is 5.39. The Labute approximate surface area is 96.5 Å². The summed E-state index contributed by atoms with van der Waals surface area (Å²) in [5.41, 5.74) is 7.98. The molecule has 0 aliphatic heterocycles. The number of amides is 1. The summed E-state index contributed by atoms with van der Waals surface area (Å²) in [5.74, 6) is -0.245. The molecule has 16 heavy (non-hydrogen) atoms. The topological polar surface area (TPSA) is 80.9 Å². The van der Waals surface area contributed by atoms with Crippen LogP contribution < -0.4 is 11.1 Å². The van der Waals surface area contributed by atoms with E-state index in [4.69, 9.17) is 5.73 Å². The summed E-state index contributed by atoms with van der Waals surface area (Å²) in [5, 5.41) is 6.30. The lowest BCUT2D eigenvalue weighted by atomic mass is 10.2. The van der Waals surface area contributed by atoms with E-state index in [-0.39, 0.29) is 5.91 Å². The van der Waals surface area contributed by atoms with Crippen LogP contribution in [0.4, 0.5) is 11.4 Å². The molecule has 1 heterocycles. The number of nitrogens with one attached hydrogen (secondary N) is 1. The van der Waals surface area contributed by atoms with Gasteiger partial charge in [0.15, 0.2) is 0 Å². The number of carbonyl (C=O) groups excluding carboxylic acids is 1. The number of rotatable bonds is 2. The molecule has 1 aromatic carbocycles. The summed E-state index contributed by atoms with van der Waals surface area (Å²) in [6, 6.07) is 5.47. The summed E-state index contributed by atoms with van der Waals surface area (Å²) < 4.78 is 3.62. The van der Waals surface area contributed by atoms with E-state index in [1.165, 1.54) is 6.20 Å². The third-order valence-corrected chi connectivity index (χ3v) is 2.70. The Balaban J connectivity index is 2.18. The Hall–Kier alpha value is -1.95. The standard InChI is InChI=1S/C10H10N4OS/c1-6-2-3-8(7(11)4-6)13-10(15)9-5-12-14-16-9/h2-5H,11H2,1H3,(H,13,15). The van der Waals surface area contributed by atoms with Gasteiger partial charge in [-0.1, -0.05) is 10.6 Å². The van der Waals surface area contributed by atoms with E-state index in [2.05, 4.69) is 14.9 Å². The first-order valence-electron chi connectivity index (χ1n) is 4.61. The highest BCUT2D eigenvalue weighted by molar-refractivity contribution is 7.07. The van der Waals surface area contributed by atoms with E-state index >= 15 is 0 Å². The molecule has 2 aromatic rings. The van der Waals surface area contributed by atoms with E-state index in [0.717, 1.165) is 17.1 Å². The van der Waals surface area contributed by atoms with Crippen LogP contribution in [0.25, 0.3) is 0 Å². The van der Waals surface area contributed by atoms with Crippen molar-refractivity contribution in [3.63, 3.8) is 0 Å². The third kappa shape index (κ3) is 2.17. The summed E-state index contributed by atoms with van der Waals surface area (Å²) >= 11 is 1.05. The van der Waals surface area contributed by atoms with Gasteiger partial charge in [0.25, 0.3) is 5.91 Å². The lowest BCUT2D eigenvalue weighted by Gasteiger charge is -2.07. The molecule has 3 N–H and O–H groups in total. The largest absolute Gasteiger partial charge is 0.397 e. The van der Waals surface area contributed by atoms with Crippen molar-refractivity contribution < 1.29 is 4.79 Å². The van der Waals surface area contributed by atoms with Gasteiger partial charge in [0.05, 0.1) is 17.6 Å². The van der Waals surface area contributed by atoms with Crippen LogP contribution in [0, 0.1) is 6.92 Å². The highest BCUT2D eigenvalue weighted by Gasteiger charge is 2.10. The zero-order chi connectivity index (χ0) is 11.5. The van der Waals surface area contributed by atoms with E-state index in [1.54, 1.807) is 12.1 Å². The molecule has 0 saturated carbocycles. The fourth-order valence-corrected chi connectivity index (χ4v) is 1.66. The molecule has 6 heteroatoms. The van der Waals surface area contributed by atoms with Crippen molar-refractivity contribution in [1.82, 2.24) is 9.59 Å². The lowest BCUT2D eigenvalue weighted by molar-refractivity contribution is 0.103. The molecule has 2 rings (SSSR count). The molecular weight excluding hydrogens is 224 g/mol. The van der Waals surface area contributed by atoms with Gasteiger partial charge in [-0.05, 0) is 36.2 Å². The molecule has 0 saturated heterocycles. The molecule has 5 nitrogen and oxygen atoms in total. The monoisotopic (exact) mass is 234 g/mol. The molecule has 0 atom stereocenters. The predicted octanol–water partition coefficient (Wildman–Crippen LogP) is 1.68. The highest BCUT2D eigenvalue weighted by atomic mass is 32.1. The molecule has 0 aliphatic carbocycles. The van der Waals surface area contributed by atoms with Gasteiger partial charge in [0.2, 0.25) is 0 Å². The number of nitrogens with zero attached hydrogens (tertiary/aromatic N) is 2. The Bertz CT molecular complexity index is 510. The van der Waals surface area contributed by atoms with Crippen LogP contribution >= 0.6 is 11.5 Å². The smallest absolute Gasteiger partial charge is 0.269 e. The number of nitrogens with two attached hydrogens (primary N) is 1. The Morgan fingerprint density at radius 1 is 1.50 bits per heavy atom. The van der Waals surface area contributed by atoms with Crippen LogP contribution in [0.1, 0.15) is 15.2 Å². The van der Waals surface area contributed by atoms with Crippen molar-refractivity contribution in [2.24, 2.45) is 0 Å². The van der Waals surface area contributed by atoms with Gasteiger partial charge in [-0.2, -0.15) is 0 Å². The number of nitrogen functional groups attached to an aromatic ring is 1. The number of benzene rings is 1. The second-order valence-electron chi connectivity index (χ2n) is 3.33. The molecular formula is C10H10N4OS. The molecule has 1 amide bonds. The number of aryl methyl sites for hydroxylation is 1. The number of aromatic nitrogens is 2. The van der Waals surface area contributed by atoms with E-state index in [9.17, 15) is 4.79 Å². The number of hydrogen-bond donors (Lipinski definition) is 2. The summed E-state index contributed by atoms with van der Waals surface area (Å²) in [4.78, 5) is 12.1. The van der Waals surface area contributed by atoms with Gasteiger partial charge in [0, 0.05) is 0 Å². The minimum atomic E-state index is -0.245. The molecule has 0 fully saturated rings. The highest BCUT2D eigenvalue weighted by Crippen LogP contribution is 2.20. The van der Waals surface area contributed by atoms with E-state index in [1.807, 2.05) is 13.0 Å². The molecule has 0 spiro atoms. The summed E-state index contributed by atoms with van der Waals surface area (Å²) in [6.07, 6.45) is 1.42. The minimum Gasteiger partial charge on any atom is -0.397 e. The maximum atomic E-state index is 11.7. The average molecular weight is 234 g/mol. The summed E-state index contributed by atoms with van der Waals surface area (Å²) in [6.45, 7) is 1.94. The number of anilines is 2. The van der Waals surface area contributed by atoms with E-state index in [0.29, 0.717) is 16.3 Å². The van der Waals surface area contributed by atoms with Gasteiger partial charge in [-0.15, -0.1) is 5.10 Å². The van der Waals surface area contributed by atoms with Crippen LogP contribution in [0.5, 0.6) is 0 Å². The maximum Gasteiger partial charge on any atom is 0.269 e. The van der Waals surface area contributed by atoms with Crippen LogP contribution in [0.15, 0.2) is 24.4 Å². The fourth-order valence-electron chi connectivity index (χ4n) is 1.25. The molecule has 0 radical (unpaired) electrons. The van der Waals surface area contributed by atoms with Crippen molar-refractivity contribution in [3.05, 3.63) is 34.8 Å². The molecule has 1 aromatic heterocycles. The number of hydrogen-bond acceptors (Lipinski definition) is 5. The maximum absolute atomic E-state index is 11.7. The van der Waals surface area contributed by atoms with Crippen molar-refractivity contribution >= 4 is 28.8 Å². The van der Waals surface area contributed by atoms with Crippen LogP contribution in [0.2, 0.25) is 0 Å². The van der Waals surface area contributed by atoms with Crippen molar-refractivity contribution in [2.45, 2.75) is 6.92 Å². The SMILES string of the molecule is Cc1ccc(NC(=O)c2cnns2)c(N)c1. The van der Waals surface area contributed by atoms with E-state index < -0.39 is 0 Å². The van der Waals surface area contributed by atoms with Crippen molar-refractivity contribution in [2.75, 3.05) is 11.1 Å². The zero-order valence-corrected chi connectivity index (χ0v) is 9.41. The lowest BCUT2D eigenvalue weighted by Crippen LogP contribution is -2.11.